The van der Waals surface area contributed by atoms with Gasteiger partial charge in [-0.25, -0.2) is 0 Å². The summed E-state index contributed by atoms with van der Waals surface area (Å²) in [6, 6.07) is 11.8. The number of rotatable bonds is 4. The van der Waals surface area contributed by atoms with Crippen molar-refractivity contribution in [3.8, 4) is 0 Å². The molecule has 0 saturated heterocycles. The minimum atomic E-state index is -4.39. The van der Waals surface area contributed by atoms with Gasteiger partial charge in [0.2, 0.25) is 0 Å². The first-order valence-corrected chi connectivity index (χ1v) is 6.83. The van der Waals surface area contributed by atoms with Crippen LogP contribution >= 0.6 is 11.8 Å². The number of carboxylic acids is 1. The molecule has 0 heterocycles. The lowest BCUT2D eigenvalue weighted by atomic mass is 10.1. The first kappa shape index (κ1) is 15.4. The molecule has 0 aromatic heterocycles. The maximum absolute atomic E-state index is 12.7. The molecule has 0 spiro atoms. The van der Waals surface area contributed by atoms with Crippen LogP contribution in [0.15, 0.2) is 58.3 Å². The van der Waals surface area contributed by atoms with Gasteiger partial charge in [0.1, 0.15) is 0 Å². The first-order valence-electron chi connectivity index (χ1n) is 6.01. The standard InChI is InChI=1S/C15H11F3O2S/c16-15(17,18)11-5-3-6-12(9-11)21-13-7-2-1-4-10(13)8-14(19)20/h1-7,9H,8H2,(H,19,20). The zero-order chi connectivity index (χ0) is 15.5. The Morgan fingerprint density at radius 2 is 1.81 bits per heavy atom. The molecule has 2 rings (SSSR count). The van der Waals surface area contributed by atoms with Crippen molar-refractivity contribution in [3.63, 3.8) is 0 Å². The van der Waals surface area contributed by atoms with Crippen molar-refractivity contribution in [2.45, 2.75) is 22.4 Å². The van der Waals surface area contributed by atoms with Gasteiger partial charge in [0.25, 0.3) is 0 Å². The molecule has 0 bridgehead atoms. The van der Waals surface area contributed by atoms with Crippen LogP contribution in [0.4, 0.5) is 13.2 Å². The zero-order valence-electron chi connectivity index (χ0n) is 10.7. The highest BCUT2D eigenvalue weighted by Gasteiger charge is 2.30. The van der Waals surface area contributed by atoms with Crippen molar-refractivity contribution < 1.29 is 23.1 Å². The Bertz CT molecular complexity index is 653. The summed E-state index contributed by atoms with van der Waals surface area (Å²) in [5.41, 5.74) is -0.143. The van der Waals surface area contributed by atoms with Gasteiger partial charge in [-0.05, 0) is 29.8 Å². The maximum Gasteiger partial charge on any atom is 0.416 e. The van der Waals surface area contributed by atoms with E-state index in [1.165, 1.54) is 6.07 Å². The largest absolute Gasteiger partial charge is 0.481 e. The smallest absolute Gasteiger partial charge is 0.416 e. The molecule has 1 N–H and O–H groups in total. The van der Waals surface area contributed by atoms with Gasteiger partial charge in [0.15, 0.2) is 0 Å². The molecule has 2 aromatic carbocycles. The van der Waals surface area contributed by atoms with E-state index in [0.717, 1.165) is 23.9 Å². The van der Waals surface area contributed by atoms with Gasteiger partial charge >= 0.3 is 12.1 Å². The quantitative estimate of drug-likeness (QED) is 0.904. The molecule has 6 heteroatoms. The second-order valence-corrected chi connectivity index (χ2v) is 5.42. The van der Waals surface area contributed by atoms with E-state index in [-0.39, 0.29) is 6.42 Å². The number of aliphatic carboxylic acids is 1. The van der Waals surface area contributed by atoms with E-state index in [0.29, 0.717) is 15.4 Å². The average molecular weight is 312 g/mol. The molecule has 0 aliphatic carbocycles. The minimum absolute atomic E-state index is 0.165. The van der Waals surface area contributed by atoms with Crippen molar-refractivity contribution >= 4 is 17.7 Å². The average Bonchev–Trinajstić information content (AvgIpc) is 2.40. The lowest BCUT2D eigenvalue weighted by Gasteiger charge is -2.10. The predicted octanol–water partition coefficient (Wildman–Crippen LogP) is 4.48. The Hall–Kier alpha value is -1.95. The molecule has 2 nitrogen and oxygen atoms in total. The Balaban J connectivity index is 2.28. The van der Waals surface area contributed by atoms with Crippen LogP contribution in [-0.4, -0.2) is 11.1 Å². The molecular formula is C15H11F3O2S. The fourth-order valence-corrected chi connectivity index (χ4v) is 2.78. The van der Waals surface area contributed by atoms with Gasteiger partial charge in [-0.2, -0.15) is 13.2 Å². The normalized spacial score (nSPS) is 11.4. The van der Waals surface area contributed by atoms with Crippen molar-refractivity contribution in [2.75, 3.05) is 0 Å². The van der Waals surface area contributed by atoms with E-state index in [1.54, 1.807) is 30.3 Å². The summed E-state index contributed by atoms with van der Waals surface area (Å²) in [6.07, 6.45) is -4.56. The summed E-state index contributed by atoms with van der Waals surface area (Å²) in [5, 5.41) is 8.85. The fraction of sp³-hybridized carbons (Fsp3) is 0.133. The monoisotopic (exact) mass is 312 g/mol. The van der Waals surface area contributed by atoms with Gasteiger partial charge in [0, 0.05) is 9.79 Å². The number of halogens is 3. The van der Waals surface area contributed by atoms with E-state index < -0.39 is 17.7 Å². The van der Waals surface area contributed by atoms with E-state index in [1.807, 2.05) is 0 Å². The van der Waals surface area contributed by atoms with E-state index >= 15 is 0 Å². The van der Waals surface area contributed by atoms with Gasteiger partial charge in [-0.3, -0.25) is 4.79 Å². The fourth-order valence-electron chi connectivity index (χ4n) is 1.78. The Morgan fingerprint density at radius 3 is 2.48 bits per heavy atom. The minimum Gasteiger partial charge on any atom is -0.481 e. The number of carboxylic acid groups (broad SMARTS) is 1. The van der Waals surface area contributed by atoms with Crippen LogP contribution in [0.1, 0.15) is 11.1 Å². The van der Waals surface area contributed by atoms with Crippen LogP contribution in [0.3, 0.4) is 0 Å². The molecule has 0 atom stereocenters. The molecule has 21 heavy (non-hydrogen) atoms. The van der Waals surface area contributed by atoms with Crippen molar-refractivity contribution in [1.29, 1.82) is 0 Å². The summed E-state index contributed by atoms with van der Waals surface area (Å²) >= 11 is 1.12. The number of hydrogen-bond acceptors (Lipinski definition) is 2. The van der Waals surface area contributed by atoms with E-state index in [2.05, 4.69) is 0 Å². The second kappa shape index (κ2) is 6.22. The van der Waals surface area contributed by atoms with Gasteiger partial charge in [0.05, 0.1) is 12.0 Å². The second-order valence-electron chi connectivity index (χ2n) is 4.31. The molecular weight excluding hydrogens is 301 g/mol. The van der Waals surface area contributed by atoms with Gasteiger partial charge < -0.3 is 5.11 Å². The number of carbonyl (C=O) groups is 1. The molecule has 0 amide bonds. The topological polar surface area (TPSA) is 37.3 Å². The highest BCUT2D eigenvalue weighted by Crippen LogP contribution is 2.35. The van der Waals surface area contributed by atoms with E-state index in [9.17, 15) is 18.0 Å². The van der Waals surface area contributed by atoms with E-state index in [4.69, 9.17) is 5.11 Å². The molecule has 0 fully saturated rings. The lowest BCUT2D eigenvalue weighted by Crippen LogP contribution is -2.04. The van der Waals surface area contributed by atoms with Gasteiger partial charge in [-0.15, -0.1) is 0 Å². The van der Waals surface area contributed by atoms with Crippen LogP contribution in [0, 0.1) is 0 Å². The summed E-state index contributed by atoms with van der Waals surface area (Å²) in [6.45, 7) is 0. The lowest BCUT2D eigenvalue weighted by molar-refractivity contribution is -0.138. The molecule has 0 aliphatic heterocycles. The summed E-state index contributed by atoms with van der Waals surface area (Å²) in [7, 11) is 0. The highest BCUT2D eigenvalue weighted by atomic mass is 32.2. The van der Waals surface area contributed by atoms with Crippen molar-refractivity contribution in [1.82, 2.24) is 0 Å². The summed E-state index contributed by atoms with van der Waals surface area (Å²) in [5.74, 6) is -0.980. The molecule has 2 aromatic rings. The third-order valence-corrected chi connectivity index (χ3v) is 3.81. The third kappa shape index (κ3) is 4.26. The first-order chi connectivity index (χ1) is 9.86. The Labute approximate surface area is 123 Å². The highest BCUT2D eigenvalue weighted by molar-refractivity contribution is 7.99. The summed E-state index contributed by atoms with van der Waals surface area (Å²) < 4.78 is 38.0. The Morgan fingerprint density at radius 1 is 1.10 bits per heavy atom. The SMILES string of the molecule is O=C(O)Cc1ccccc1Sc1cccc(C(F)(F)F)c1. The zero-order valence-corrected chi connectivity index (χ0v) is 11.5. The van der Waals surface area contributed by atoms with Crippen LogP contribution < -0.4 is 0 Å². The number of hydrogen-bond donors (Lipinski definition) is 1. The molecule has 0 unspecified atom stereocenters. The maximum atomic E-state index is 12.7. The number of alkyl halides is 3. The predicted molar refractivity (Wildman–Crippen MR) is 73.3 cm³/mol. The Kier molecular flexibility index (Phi) is 4.57. The number of benzene rings is 2. The molecule has 0 saturated carbocycles. The van der Waals surface area contributed by atoms with Gasteiger partial charge in [-0.1, -0.05) is 36.0 Å². The van der Waals surface area contributed by atoms with Crippen LogP contribution in [0.25, 0.3) is 0 Å². The van der Waals surface area contributed by atoms with Crippen LogP contribution in [-0.2, 0) is 17.4 Å². The molecule has 0 radical (unpaired) electrons. The molecule has 0 aliphatic rings. The van der Waals surface area contributed by atoms with Crippen molar-refractivity contribution in [2.24, 2.45) is 0 Å². The van der Waals surface area contributed by atoms with Crippen molar-refractivity contribution in [3.05, 3.63) is 59.7 Å². The molecule has 110 valence electrons. The van der Waals surface area contributed by atoms with Crippen LogP contribution in [0.2, 0.25) is 0 Å². The summed E-state index contributed by atoms with van der Waals surface area (Å²) in [4.78, 5) is 11.9. The van der Waals surface area contributed by atoms with Crippen LogP contribution in [0.5, 0.6) is 0 Å². The third-order valence-electron chi connectivity index (χ3n) is 2.70.